The molecule has 0 aliphatic carbocycles. The summed E-state index contributed by atoms with van der Waals surface area (Å²) in [6.45, 7) is 1.93. The number of rotatable bonds is 4. The van der Waals surface area contributed by atoms with Crippen LogP contribution in [0.1, 0.15) is 6.92 Å². The summed E-state index contributed by atoms with van der Waals surface area (Å²) in [6, 6.07) is 7.45. The van der Waals surface area contributed by atoms with Crippen molar-refractivity contribution in [3.63, 3.8) is 0 Å². The molecule has 0 unspecified atom stereocenters. The van der Waals surface area contributed by atoms with Gasteiger partial charge >= 0.3 is 0 Å². The zero-order valence-corrected chi connectivity index (χ0v) is 8.33. The Morgan fingerprint density at radius 1 is 1.43 bits per heavy atom. The molecule has 0 saturated heterocycles. The fraction of sp³-hybridized carbons (Fsp3) is 0.300. The number of carbonyl (C=O) groups is 1. The molecule has 4 nitrogen and oxygen atoms in total. The minimum atomic E-state index is -0.0751. The number of carbonyl (C=O) groups excluding carboxylic acids is 1. The van der Waals surface area contributed by atoms with E-state index in [2.05, 4.69) is 10.6 Å². The lowest BCUT2D eigenvalue weighted by molar-refractivity contribution is -0.114. The predicted octanol–water partition coefficient (Wildman–Crippen LogP) is 1.66. The van der Waals surface area contributed by atoms with Crippen molar-refractivity contribution in [2.24, 2.45) is 0 Å². The molecule has 1 amide bonds. The fourth-order valence-corrected chi connectivity index (χ4v) is 1.07. The first-order valence-corrected chi connectivity index (χ1v) is 4.33. The monoisotopic (exact) mass is 194 g/mol. The van der Waals surface area contributed by atoms with Gasteiger partial charge < -0.3 is 15.4 Å². The van der Waals surface area contributed by atoms with E-state index < -0.39 is 0 Å². The summed E-state index contributed by atoms with van der Waals surface area (Å²) < 4.78 is 4.87. The molecule has 0 atom stereocenters. The Labute approximate surface area is 83.3 Å². The van der Waals surface area contributed by atoms with Crippen molar-refractivity contribution in [3.8, 4) is 0 Å². The third-order valence-corrected chi connectivity index (χ3v) is 1.60. The summed E-state index contributed by atoms with van der Waals surface area (Å²) >= 11 is 0. The number of methoxy groups -OCH3 is 1. The van der Waals surface area contributed by atoms with E-state index in [4.69, 9.17) is 4.74 Å². The second-order valence-electron chi connectivity index (χ2n) is 2.87. The summed E-state index contributed by atoms with van der Waals surface area (Å²) in [4.78, 5) is 10.8. The van der Waals surface area contributed by atoms with Crippen molar-refractivity contribution in [2.45, 2.75) is 6.92 Å². The highest BCUT2D eigenvalue weighted by molar-refractivity contribution is 5.89. The highest BCUT2D eigenvalue weighted by Crippen LogP contribution is 2.14. The van der Waals surface area contributed by atoms with Gasteiger partial charge in [0.25, 0.3) is 0 Å². The van der Waals surface area contributed by atoms with Gasteiger partial charge in [-0.1, -0.05) is 6.07 Å². The molecular weight excluding hydrogens is 180 g/mol. The zero-order chi connectivity index (χ0) is 10.4. The average molecular weight is 194 g/mol. The molecule has 0 radical (unpaired) electrons. The quantitative estimate of drug-likeness (QED) is 0.717. The number of hydrogen-bond acceptors (Lipinski definition) is 3. The Morgan fingerprint density at radius 3 is 2.79 bits per heavy atom. The molecule has 0 fully saturated rings. The Kier molecular flexibility index (Phi) is 3.94. The van der Waals surface area contributed by atoms with Crippen LogP contribution in [0.4, 0.5) is 11.4 Å². The molecule has 76 valence electrons. The predicted molar refractivity (Wildman–Crippen MR) is 56.2 cm³/mol. The molecule has 0 aromatic heterocycles. The van der Waals surface area contributed by atoms with Gasteiger partial charge in [-0.15, -0.1) is 0 Å². The van der Waals surface area contributed by atoms with Gasteiger partial charge in [0.15, 0.2) is 0 Å². The van der Waals surface area contributed by atoms with Crippen LogP contribution in [0.5, 0.6) is 0 Å². The maximum absolute atomic E-state index is 10.8. The smallest absolute Gasteiger partial charge is 0.221 e. The van der Waals surface area contributed by atoms with Gasteiger partial charge in [-0.05, 0) is 18.2 Å². The molecule has 1 rings (SSSR count). The number of hydrogen-bond donors (Lipinski definition) is 2. The van der Waals surface area contributed by atoms with E-state index >= 15 is 0 Å². The Hall–Kier alpha value is -1.55. The highest BCUT2D eigenvalue weighted by atomic mass is 16.5. The molecule has 1 aromatic carbocycles. The summed E-state index contributed by atoms with van der Waals surface area (Å²) in [5.74, 6) is -0.0751. The standard InChI is InChI=1S/C10H14N2O2/c1-8(13)12-10-5-3-4-9(6-10)11-7-14-2/h3-6,11H,7H2,1-2H3,(H,12,13). The number of anilines is 2. The lowest BCUT2D eigenvalue weighted by Crippen LogP contribution is -2.07. The van der Waals surface area contributed by atoms with Crippen LogP contribution in [0.2, 0.25) is 0 Å². The van der Waals surface area contributed by atoms with Crippen LogP contribution in [0.25, 0.3) is 0 Å². The van der Waals surface area contributed by atoms with Gasteiger partial charge in [-0.3, -0.25) is 4.79 Å². The minimum absolute atomic E-state index is 0.0751. The topological polar surface area (TPSA) is 50.4 Å². The van der Waals surface area contributed by atoms with Crippen LogP contribution in [0.3, 0.4) is 0 Å². The number of nitrogens with one attached hydrogen (secondary N) is 2. The molecule has 0 bridgehead atoms. The normalized spacial score (nSPS) is 9.57. The molecule has 0 saturated carbocycles. The van der Waals surface area contributed by atoms with Crippen LogP contribution in [0, 0.1) is 0 Å². The largest absolute Gasteiger partial charge is 0.365 e. The van der Waals surface area contributed by atoms with Crippen LogP contribution in [-0.2, 0) is 9.53 Å². The summed E-state index contributed by atoms with van der Waals surface area (Å²) in [6.07, 6.45) is 0. The van der Waals surface area contributed by atoms with Crippen LogP contribution >= 0.6 is 0 Å². The third kappa shape index (κ3) is 3.45. The fourth-order valence-electron chi connectivity index (χ4n) is 1.07. The van der Waals surface area contributed by atoms with Crippen molar-refractivity contribution < 1.29 is 9.53 Å². The summed E-state index contributed by atoms with van der Waals surface area (Å²) in [5, 5.41) is 5.74. The van der Waals surface area contributed by atoms with Crippen LogP contribution < -0.4 is 10.6 Å². The molecule has 0 aliphatic rings. The van der Waals surface area contributed by atoms with E-state index in [0.717, 1.165) is 11.4 Å². The SMILES string of the molecule is COCNc1cccc(NC(C)=O)c1. The zero-order valence-electron chi connectivity index (χ0n) is 8.33. The minimum Gasteiger partial charge on any atom is -0.365 e. The van der Waals surface area contributed by atoms with Gasteiger partial charge in [0.05, 0.1) is 0 Å². The second kappa shape index (κ2) is 5.24. The third-order valence-electron chi connectivity index (χ3n) is 1.60. The average Bonchev–Trinajstić information content (AvgIpc) is 2.14. The van der Waals surface area contributed by atoms with Gasteiger partial charge in [-0.25, -0.2) is 0 Å². The van der Waals surface area contributed by atoms with Crippen molar-refractivity contribution in [3.05, 3.63) is 24.3 Å². The molecule has 2 N–H and O–H groups in total. The highest BCUT2D eigenvalue weighted by Gasteiger charge is 1.96. The first-order chi connectivity index (χ1) is 6.72. The first-order valence-electron chi connectivity index (χ1n) is 4.33. The van der Waals surface area contributed by atoms with E-state index in [0.29, 0.717) is 6.73 Å². The van der Waals surface area contributed by atoms with E-state index in [9.17, 15) is 4.79 Å². The summed E-state index contributed by atoms with van der Waals surface area (Å²) in [5.41, 5.74) is 1.69. The number of amides is 1. The van der Waals surface area contributed by atoms with E-state index in [1.165, 1.54) is 6.92 Å². The van der Waals surface area contributed by atoms with E-state index in [1.807, 2.05) is 24.3 Å². The molecule has 0 aliphatic heterocycles. The Balaban J connectivity index is 2.63. The molecular formula is C10H14N2O2. The van der Waals surface area contributed by atoms with Crippen LogP contribution in [-0.4, -0.2) is 19.7 Å². The van der Waals surface area contributed by atoms with Gasteiger partial charge in [0.2, 0.25) is 5.91 Å². The molecule has 0 heterocycles. The van der Waals surface area contributed by atoms with Crippen molar-refractivity contribution >= 4 is 17.3 Å². The van der Waals surface area contributed by atoms with Gasteiger partial charge in [0, 0.05) is 25.4 Å². The van der Waals surface area contributed by atoms with Crippen LogP contribution in [0.15, 0.2) is 24.3 Å². The number of benzene rings is 1. The Bertz CT molecular complexity index is 313. The maximum Gasteiger partial charge on any atom is 0.221 e. The molecule has 0 spiro atoms. The Morgan fingerprint density at radius 2 is 2.14 bits per heavy atom. The maximum atomic E-state index is 10.8. The number of ether oxygens (including phenoxy) is 1. The molecule has 14 heavy (non-hydrogen) atoms. The van der Waals surface area contributed by atoms with Crippen molar-refractivity contribution in [1.29, 1.82) is 0 Å². The van der Waals surface area contributed by atoms with E-state index in [-0.39, 0.29) is 5.91 Å². The van der Waals surface area contributed by atoms with Gasteiger partial charge in [0.1, 0.15) is 6.73 Å². The summed E-state index contributed by atoms with van der Waals surface area (Å²) in [7, 11) is 1.62. The van der Waals surface area contributed by atoms with Gasteiger partial charge in [-0.2, -0.15) is 0 Å². The first kappa shape index (κ1) is 10.5. The van der Waals surface area contributed by atoms with Crippen molar-refractivity contribution in [2.75, 3.05) is 24.5 Å². The molecule has 1 aromatic rings. The van der Waals surface area contributed by atoms with Crippen molar-refractivity contribution in [1.82, 2.24) is 0 Å². The lowest BCUT2D eigenvalue weighted by atomic mass is 10.3. The molecule has 4 heteroatoms. The second-order valence-corrected chi connectivity index (χ2v) is 2.87. The lowest BCUT2D eigenvalue weighted by Gasteiger charge is -2.07. The van der Waals surface area contributed by atoms with E-state index in [1.54, 1.807) is 7.11 Å².